The number of carbonyl (C=O) groups excluding carboxylic acids is 1. The van der Waals surface area contributed by atoms with Gasteiger partial charge in [-0.15, -0.1) is 0 Å². The van der Waals surface area contributed by atoms with Gasteiger partial charge in [0.1, 0.15) is 11.6 Å². The summed E-state index contributed by atoms with van der Waals surface area (Å²) in [4.78, 5) is 27.3. The summed E-state index contributed by atoms with van der Waals surface area (Å²) in [5, 5.41) is 7.54. The Morgan fingerprint density at radius 2 is 1.87 bits per heavy atom. The van der Waals surface area contributed by atoms with Gasteiger partial charge in [-0.3, -0.25) is 14.3 Å². The number of benzene rings is 1. The van der Waals surface area contributed by atoms with Crippen molar-refractivity contribution in [3.8, 4) is 5.75 Å². The van der Waals surface area contributed by atoms with Crippen LogP contribution in [0.25, 0.3) is 0 Å². The number of hydrogen-bond donors (Lipinski definition) is 1. The van der Waals surface area contributed by atoms with Gasteiger partial charge in [0.2, 0.25) is 5.91 Å². The van der Waals surface area contributed by atoms with Gasteiger partial charge in [0.15, 0.2) is 0 Å². The maximum absolute atomic E-state index is 12.6. The number of aryl methyl sites for hydroxylation is 1. The minimum Gasteiger partial charge on any atom is -0.495 e. The van der Waals surface area contributed by atoms with E-state index in [4.69, 9.17) is 4.74 Å². The average molecular weight is 414 g/mol. The van der Waals surface area contributed by atoms with Crippen molar-refractivity contribution in [3.63, 3.8) is 0 Å². The van der Waals surface area contributed by atoms with Crippen LogP contribution in [0.3, 0.4) is 0 Å². The molecule has 1 aliphatic heterocycles. The molecule has 1 aliphatic carbocycles. The van der Waals surface area contributed by atoms with Crippen molar-refractivity contribution in [1.82, 2.24) is 19.2 Å². The van der Waals surface area contributed by atoms with Crippen molar-refractivity contribution in [2.45, 2.75) is 50.5 Å². The number of hydrogen-bond acceptors (Lipinski definition) is 5. The molecule has 2 aromatic rings. The highest BCUT2D eigenvalue weighted by atomic mass is 16.5. The van der Waals surface area contributed by atoms with Crippen LogP contribution in [0, 0.1) is 0 Å². The molecule has 162 valence electrons. The predicted octanol–water partition coefficient (Wildman–Crippen LogP) is 2.52. The lowest BCUT2D eigenvalue weighted by molar-refractivity contribution is -0.117. The molecule has 2 heterocycles. The van der Waals surface area contributed by atoms with Crippen molar-refractivity contribution >= 4 is 11.6 Å². The summed E-state index contributed by atoms with van der Waals surface area (Å²) in [6, 6.07) is 7.72. The van der Waals surface area contributed by atoms with Crippen molar-refractivity contribution in [2.75, 3.05) is 32.1 Å². The molecule has 1 saturated carbocycles. The van der Waals surface area contributed by atoms with Gasteiger partial charge in [0.05, 0.1) is 19.3 Å². The molecule has 0 spiro atoms. The summed E-state index contributed by atoms with van der Waals surface area (Å²) in [6.45, 7) is 1.99. The van der Waals surface area contributed by atoms with E-state index in [9.17, 15) is 9.59 Å². The SMILES string of the molecule is COc1ccccc1NC(=O)CN1CCC(c2nn(C)c(=O)n2C2CCCC2)CC1. The second-order valence-electron chi connectivity index (χ2n) is 8.37. The lowest BCUT2D eigenvalue weighted by Crippen LogP contribution is -2.39. The van der Waals surface area contributed by atoms with Gasteiger partial charge in [-0.05, 0) is 50.9 Å². The van der Waals surface area contributed by atoms with Gasteiger partial charge < -0.3 is 10.1 Å². The molecule has 1 N–H and O–H groups in total. The van der Waals surface area contributed by atoms with Crippen molar-refractivity contribution in [1.29, 1.82) is 0 Å². The van der Waals surface area contributed by atoms with Gasteiger partial charge in [0.25, 0.3) is 0 Å². The summed E-state index contributed by atoms with van der Waals surface area (Å²) in [5.41, 5.74) is 0.699. The minimum absolute atomic E-state index is 0.00974. The first-order chi connectivity index (χ1) is 14.6. The molecule has 0 radical (unpaired) electrons. The van der Waals surface area contributed by atoms with E-state index >= 15 is 0 Å². The van der Waals surface area contributed by atoms with Crippen LogP contribution >= 0.6 is 0 Å². The number of likely N-dealkylation sites (tertiary alicyclic amines) is 1. The lowest BCUT2D eigenvalue weighted by atomic mass is 9.95. The van der Waals surface area contributed by atoms with E-state index in [0.29, 0.717) is 24.0 Å². The molecule has 1 saturated heterocycles. The number of aromatic nitrogens is 3. The van der Waals surface area contributed by atoms with Crippen molar-refractivity contribution in [2.24, 2.45) is 7.05 Å². The first-order valence-electron chi connectivity index (χ1n) is 10.9. The normalized spacial score (nSPS) is 18.6. The molecule has 8 nitrogen and oxygen atoms in total. The Bertz CT molecular complexity index is 936. The highest BCUT2D eigenvalue weighted by Gasteiger charge is 2.30. The first kappa shape index (κ1) is 20.7. The standard InChI is InChI=1S/C22H31N5O3/c1-25-22(29)27(17-7-3-4-8-17)21(24-25)16-11-13-26(14-12-16)15-20(28)23-18-9-5-6-10-19(18)30-2/h5-6,9-10,16-17H,3-4,7-8,11-15H2,1-2H3,(H,23,28). The van der Waals surface area contributed by atoms with E-state index < -0.39 is 0 Å². The van der Waals surface area contributed by atoms with E-state index in [1.165, 1.54) is 17.5 Å². The Labute approximate surface area is 176 Å². The van der Waals surface area contributed by atoms with Gasteiger partial charge >= 0.3 is 5.69 Å². The zero-order valence-electron chi connectivity index (χ0n) is 17.8. The number of ether oxygens (including phenoxy) is 1. The largest absolute Gasteiger partial charge is 0.495 e. The topological polar surface area (TPSA) is 81.4 Å². The minimum atomic E-state index is -0.0429. The Balaban J connectivity index is 1.36. The third kappa shape index (κ3) is 4.28. The number of nitrogens with zero attached hydrogens (tertiary/aromatic N) is 4. The van der Waals surface area contributed by atoms with Gasteiger partial charge in [0, 0.05) is 19.0 Å². The summed E-state index contributed by atoms with van der Waals surface area (Å²) < 4.78 is 8.75. The highest BCUT2D eigenvalue weighted by Crippen LogP contribution is 2.33. The summed E-state index contributed by atoms with van der Waals surface area (Å²) in [5.74, 6) is 1.82. The molecule has 4 rings (SSSR count). The van der Waals surface area contributed by atoms with Crippen LogP contribution in [0.4, 0.5) is 5.69 Å². The molecule has 2 aliphatic rings. The average Bonchev–Trinajstić information content (AvgIpc) is 3.37. The third-order valence-corrected chi connectivity index (χ3v) is 6.37. The van der Waals surface area contributed by atoms with E-state index in [2.05, 4.69) is 15.3 Å². The fraction of sp³-hybridized carbons (Fsp3) is 0.591. The van der Waals surface area contributed by atoms with E-state index in [-0.39, 0.29) is 17.5 Å². The molecule has 0 atom stereocenters. The third-order valence-electron chi connectivity index (χ3n) is 6.37. The second-order valence-corrected chi connectivity index (χ2v) is 8.37. The lowest BCUT2D eigenvalue weighted by Gasteiger charge is -2.31. The molecule has 0 unspecified atom stereocenters. The van der Waals surface area contributed by atoms with Crippen LogP contribution in [-0.4, -0.2) is 51.9 Å². The number of amides is 1. The molecular weight excluding hydrogens is 382 g/mol. The fourth-order valence-corrected chi connectivity index (χ4v) is 4.77. The molecule has 1 aromatic heterocycles. The number of para-hydroxylation sites is 2. The summed E-state index contributed by atoms with van der Waals surface area (Å²) >= 11 is 0. The number of methoxy groups -OCH3 is 1. The zero-order chi connectivity index (χ0) is 21.1. The van der Waals surface area contributed by atoms with Crippen LogP contribution in [0.15, 0.2) is 29.1 Å². The van der Waals surface area contributed by atoms with Crippen LogP contribution in [0.5, 0.6) is 5.75 Å². The number of anilines is 1. The molecule has 1 amide bonds. The Morgan fingerprint density at radius 1 is 1.17 bits per heavy atom. The molecular formula is C22H31N5O3. The van der Waals surface area contributed by atoms with Crippen molar-refractivity contribution < 1.29 is 9.53 Å². The van der Waals surface area contributed by atoms with Crippen LogP contribution in [-0.2, 0) is 11.8 Å². The summed E-state index contributed by atoms with van der Waals surface area (Å²) in [6.07, 6.45) is 6.33. The number of rotatable bonds is 6. The van der Waals surface area contributed by atoms with E-state index in [1.54, 1.807) is 14.2 Å². The number of piperidine rings is 1. The van der Waals surface area contributed by atoms with E-state index in [0.717, 1.165) is 44.6 Å². The Hall–Kier alpha value is -2.61. The second kappa shape index (κ2) is 9.04. The molecule has 30 heavy (non-hydrogen) atoms. The smallest absolute Gasteiger partial charge is 0.345 e. The maximum Gasteiger partial charge on any atom is 0.345 e. The predicted molar refractivity (Wildman–Crippen MR) is 115 cm³/mol. The number of nitrogens with one attached hydrogen (secondary N) is 1. The van der Waals surface area contributed by atoms with Gasteiger partial charge in [-0.2, -0.15) is 5.10 Å². The maximum atomic E-state index is 12.6. The Morgan fingerprint density at radius 3 is 2.57 bits per heavy atom. The molecule has 0 bridgehead atoms. The monoisotopic (exact) mass is 413 g/mol. The highest BCUT2D eigenvalue weighted by molar-refractivity contribution is 5.93. The van der Waals surface area contributed by atoms with Gasteiger partial charge in [-0.25, -0.2) is 9.48 Å². The zero-order valence-corrected chi connectivity index (χ0v) is 17.8. The molecule has 1 aromatic carbocycles. The fourth-order valence-electron chi connectivity index (χ4n) is 4.77. The van der Waals surface area contributed by atoms with Gasteiger partial charge in [-0.1, -0.05) is 25.0 Å². The van der Waals surface area contributed by atoms with E-state index in [1.807, 2.05) is 28.8 Å². The van der Waals surface area contributed by atoms with Crippen LogP contribution < -0.4 is 15.7 Å². The van der Waals surface area contributed by atoms with Crippen LogP contribution in [0.2, 0.25) is 0 Å². The number of carbonyl (C=O) groups is 1. The molecule has 2 fully saturated rings. The Kier molecular flexibility index (Phi) is 6.22. The summed E-state index contributed by atoms with van der Waals surface area (Å²) in [7, 11) is 3.34. The van der Waals surface area contributed by atoms with Crippen LogP contribution in [0.1, 0.15) is 56.3 Å². The first-order valence-corrected chi connectivity index (χ1v) is 10.9. The quantitative estimate of drug-likeness (QED) is 0.787. The van der Waals surface area contributed by atoms with Crippen molar-refractivity contribution in [3.05, 3.63) is 40.6 Å². The molecule has 8 heteroatoms.